The lowest BCUT2D eigenvalue weighted by atomic mass is 10.1. The van der Waals surface area contributed by atoms with Crippen molar-refractivity contribution in [3.8, 4) is 0 Å². The molecular formula is C9H15N3S. The van der Waals surface area contributed by atoms with Crippen LogP contribution >= 0.6 is 11.3 Å². The Kier molecular flexibility index (Phi) is 2.62. The van der Waals surface area contributed by atoms with Crippen LogP contribution < -0.4 is 11.1 Å². The van der Waals surface area contributed by atoms with Crippen molar-refractivity contribution in [2.24, 2.45) is 11.1 Å². The Morgan fingerprint density at radius 2 is 2.46 bits per heavy atom. The van der Waals surface area contributed by atoms with Gasteiger partial charge in [0.25, 0.3) is 0 Å². The van der Waals surface area contributed by atoms with Gasteiger partial charge in [-0.3, -0.25) is 0 Å². The quantitative estimate of drug-likeness (QED) is 0.739. The van der Waals surface area contributed by atoms with Crippen LogP contribution in [-0.2, 0) is 6.54 Å². The fourth-order valence-electron chi connectivity index (χ4n) is 1.40. The number of hydrogen-bond donors (Lipinski definition) is 2. The van der Waals surface area contributed by atoms with Gasteiger partial charge in [0, 0.05) is 24.7 Å². The lowest BCUT2D eigenvalue weighted by molar-refractivity contribution is 0.467. The van der Waals surface area contributed by atoms with Crippen molar-refractivity contribution in [3.63, 3.8) is 0 Å². The summed E-state index contributed by atoms with van der Waals surface area (Å²) in [7, 11) is 0. The summed E-state index contributed by atoms with van der Waals surface area (Å²) in [5.74, 6) is 0. The smallest absolute Gasteiger partial charge is 0.106 e. The Morgan fingerprint density at radius 1 is 1.62 bits per heavy atom. The number of nitrogens with one attached hydrogen (secondary N) is 1. The standard InChI is InChI=1S/C9H15N3S/c10-6-9(1-2-9)7-11-5-8-12-3-4-13-8/h3-4,11H,1-2,5-7,10H2. The number of aromatic nitrogens is 1. The molecule has 1 aromatic rings. The second-order valence-electron chi connectivity index (χ2n) is 3.73. The average molecular weight is 197 g/mol. The van der Waals surface area contributed by atoms with Gasteiger partial charge in [0.2, 0.25) is 0 Å². The van der Waals surface area contributed by atoms with Crippen molar-refractivity contribution in [1.82, 2.24) is 10.3 Å². The Balaban J connectivity index is 1.70. The van der Waals surface area contributed by atoms with Crippen molar-refractivity contribution in [2.75, 3.05) is 13.1 Å². The molecule has 0 unspecified atom stereocenters. The highest BCUT2D eigenvalue weighted by Crippen LogP contribution is 2.43. The normalized spacial score (nSPS) is 18.8. The van der Waals surface area contributed by atoms with Crippen molar-refractivity contribution in [2.45, 2.75) is 19.4 Å². The van der Waals surface area contributed by atoms with Crippen LogP contribution in [0.5, 0.6) is 0 Å². The van der Waals surface area contributed by atoms with Crippen LogP contribution in [0.25, 0.3) is 0 Å². The minimum atomic E-state index is 0.428. The molecule has 1 fully saturated rings. The van der Waals surface area contributed by atoms with E-state index < -0.39 is 0 Å². The molecule has 2 rings (SSSR count). The summed E-state index contributed by atoms with van der Waals surface area (Å²) in [5.41, 5.74) is 6.10. The Bertz CT molecular complexity index is 254. The Morgan fingerprint density at radius 3 is 3.00 bits per heavy atom. The van der Waals surface area contributed by atoms with Crippen molar-refractivity contribution in [3.05, 3.63) is 16.6 Å². The van der Waals surface area contributed by atoms with Crippen LogP contribution in [0.4, 0.5) is 0 Å². The zero-order valence-corrected chi connectivity index (χ0v) is 8.44. The van der Waals surface area contributed by atoms with Gasteiger partial charge in [-0.05, 0) is 24.8 Å². The van der Waals surface area contributed by atoms with E-state index in [2.05, 4.69) is 10.3 Å². The van der Waals surface area contributed by atoms with E-state index in [1.54, 1.807) is 11.3 Å². The maximum absolute atomic E-state index is 5.68. The second-order valence-corrected chi connectivity index (χ2v) is 4.71. The van der Waals surface area contributed by atoms with E-state index in [1.807, 2.05) is 11.6 Å². The molecule has 1 saturated carbocycles. The molecule has 4 heteroatoms. The summed E-state index contributed by atoms with van der Waals surface area (Å²) < 4.78 is 0. The molecule has 72 valence electrons. The molecule has 0 aromatic carbocycles. The molecular weight excluding hydrogens is 182 g/mol. The molecule has 0 bridgehead atoms. The molecule has 1 aliphatic rings. The summed E-state index contributed by atoms with van der Waals surface area (Å²) in [4.78, 5) is 4.21. The molecule has 0 amide bonds. The van der Waals surface area contributed by atoms with E-state index in [9.17, 15) is 0 Å². The van der Waals surface area contributed by atoms with Gasteiger partial charge in [-0.2, -0.15) is 0 Å². The van der Waals surface area contributed by atoms with E-state index in [4.69, 9.17) is 5.73 Å². The fourth-order valence-corrected chi connectivity index (χ4v) is 1.99. The number of nitrogens with two attached hydrogens (primary N) is 1. The lowest BCUT2D eigenvalue weighted by Crippen LogP contribution is -2.29. The maximum Gasteiger partial charge on any atom is 0.106 e. The van der Waals surface area contributed by atoms with E-state index in [1.165, 1.54) is 12.8 Å². The van der Waals surface area contributed by atoms with Gasteiger partial charge < -0.3 is 11.1 Å². The lowest BCUT2D eigenvalue weighted by Gasteiger charge is -2.11. The molecule has 1 aromatic heterocycles. The molecule has 1 heterocycles. The van der Waals surface area contributed by atoms with E-state index in [0.29, 0.717) is 5.41 Å². The van der Waals surface area contributed by atoms with Crippen molar-refractivity contribution in [1.29, 1.82) is 0 Å². The van der Waals surface area contributed by atoms with E-state index in [0.717, 1.165) is 24.6 Å². The highest BCUT2D eigenvalue weighted by molar-refractivity contribution is 7.09. The first-order valence-corrected chi connectivity index (χ1v) is 5.52. The summed E-state index contributed by atoms with van der Waals surface area (Å²) in [6, 6.07) is 0. The first-order valence-electron chi connectivity index (χ1n) is 4.64. The first kappa shape index (κ1) is 9.12. The third kappa shape index (κ3) is 2.27. The number of hydrogen-bond acceptors (Lipinski definition) is 4. The monoisotopic (exact) mass is 197 g/mol. The van der Waals surface area contributed by atoms with Gasteiger partial charge in [0.1, 0.15) is 5.01 Å². The Labute approximate surface area is 82.4 Å². The first-order chi connectivity index (χ1) is 6.35. The number of nitrogens with zero attached hydrogens (tertiary/aromatic N) is 1. The minimum Gasteiger partial charge on any atom is -0.330 e. The van der Waals surface area contributed by atoms with Crippen LogP contribution in [-0.4, -0.2) is 18.1 Å². The van der Waals surface area contributed by atoms with Gasteiger partial charge in [0.05, 0.1) is 0 Å². The van der Waals surface area contributed by atoms with Crippen LogP contribution in [0.15, 0.2) is 11.6 Å². The van der Waals surface area contributed by atoms with Crippen LogP contribution in [0.3, 0.4) is 0 Å². The van der Waals surface area contributed by atoms with E-state index in [-0.39, 0.29) is 0 Å². The highest BCUT2D eigenvalue weighted by atomic mass is 32.1. The van der Waals surface area contributed by atoms with Crippen molar-refractivity contribution >= 4 is 11.3 Å². The molecule has 0 saturated heterocycles. The summed E-state index contributed by atoms with van der Waals surface area (Å²) in [6.45, 7) is 2.75. The predicted octanol–water partition coefficient (Wildman–Crippen LogP) is 0.972. The summed E-state index contributed by atoms with van der Waals surface area (Å²) >= 11 is 1.70. The van der Waals surface area contributed by atoms with Crippen LogP contribution in [0, 0.1) is 5.41 Å². The average Bonchev–Trinajstić information content (AvgIpc) is 2.74. The minimum absolute atomic E-state index is 0.428. The van der Waals surface area contributed by atoms with Crippen LogP contribution in [0.2, 0.25) is 0 Å². The maximum atomic E-state index is 5.68. The van der Waals surface area contributed by atoms with Gasteiger partial charge in [-0.25, -0.2) is 4.98 Å². The molecule has 13 heavy (non-hydrogen) atoms. The number of rotatable bonds is 5. The SMILES string of the molecule is NCC1(CNCc2nccs2)CC1. The molecule has 3 N–H and O–H groups in total. The predicted molar refractivity (Wildman–Crippen MR) is 54.5 cm³/mol. The van der Waals surface area contributed by atoms with Gasteiger partial charge >= 0.3 is 0 Å². The largest absolute Gasteiger partial charge is 0.330 e. The second kappa shape index (κ2) is 3.74. The topological polar surface area (TPSA) is 50.9 Å². The molecule has 1 aliphatic carbocycles. The fraction of sp³-hybridized carbons (Fsp3) is 0.667. The van der Waals surface area contributed by atoms with Gasteiger partial charge in [-0.1, -0.05) is 0 Å². The van der Waals surface area contributed by atoms with E-state index >= 15 is 0 Å². The third-order valence-electron chi connectivity index (χ3n) is 2.65. The molecule has 0 spiro atoms. The molecule has 0 radical (unpaired) electrons. The zero-order chi connectivity index (χ0) is 9.15. The highest BCUT2D eigenvalue weighted by Gasteiger charge is 2.40. The Hall–Kier alpha value is -0.450. The summed E-state index contributed by atoms with van der Waals surface area (Å²) in [6.07, 6.45) is 4.42. The molecule has 0 aliphatic heterocycles. The van der Waals surface area contributed by atoms with Crippen LogP contribution in [0.1, 0.15) is 17.8 Å². The molecule has 0 atom stereocenters. The zero-order valence-electron chi connectivity index (χ0n) is 7.62. The van der Waals surface area contributed by atoms with Gasteiger partial charge in [0.15, 0.2) is 0 Å². The number of thiazole rings is 1. The van der Waals surface area contributed by atoms with Crippen molar-refractivity contribution < 1.29 is 0 Å². The summed E-state index contributed by atoms with van der Waals surface area (Å²) in [5, 5.41) is 6.58. The molecule has 3 nitrogen and oxygen atoms in total. The van der Waals surface area contributed by atoms with Gasteiger partial charge in [-0.15, -0.1) is 11.3 Å². The third-order valence-corrected chi connectivity index (χ3v) is 3.43.